The third kappa shape index (κ3) is 25.9. The Morgan fingerprint density at radius 2 is 1.33 bits per heavy atom. The molecule has 0 aromatic rings. The number of phosphoric ester groups is 1. The predicted octanol–water partition coefficient (Wildman–Crippen LogP) is 7.32. The molecule has 1 amide bonds. The maximum Gasteiger partial charge on any atom is 0.472 e. The van der Waals surface area contributed by atoms with Gasteiger partial charge in [-0.05, 0) is 38.5 Å². The lowest BCUT2D eigenvalue weighted by Gasteiger charge is -2.25. The summed E-state index contributed by atoms with van der Waals surface area (Å²) in [4.78, 5) is 22.4. The summed E-state index contributed by atoms with van der Waals surface area (Å²) in [6.07, 6.45) is 25.1. The van der Waals surface area contributed by atoms with E-state index < -0.39 is 20.0 Å². The van der Waals surface area contributed by atoms with Crippen molar-refractivity contribution in [3.63, 3.8) is 0 Å². The van der Waals surface area contributed by atoms with E-state index in [2.05, 4.69) is 31.3 Å². The summed E-state index contributed by atoms with van der Waals surface area (Å²) in [7, 11) is -4.29. The van der Waals surface area contributed by atoms with Crippen molar-refractivity contribution in [2.24, 2.45) is 5.73 Å². The van der Waals surface area contributed by atoms with Gasteiger partial charge in [-0.1, -0.05) is 109 Å². The molecule has 0 aliphatic carbocycles. The number of carbonyl (C=O) groups excluding carboxylic acids is 1. The van der Waals surface area contributed by atoms with E-state index in [9.17, 15) is 19.4 Å². The van der Waals surface area contributed by atoms with Crippen LogP contribution in [0.3, 0.4) is 0 Å². The van der Waals surface area contributed by atoms with Crippen LogP contribution in [-0.2, 0) is 18.4 Å². The second kappa shape index (κ2) is 27.4. The van der Waals surface area contributed by atoms with E-state index >= 15 is 0 Å². The van der Waals surface area contributed by atoms with Crippen molar-refractivity contribution in [2.75, 3.05) is 19.8 Å². The van der Waals surface area contributed by atoms with Crippen LogP contribution in [0.5, 0.6) is 0 Å². The van der Waals surface area contributed by atoms with Crippen LogP contribution < -0.4 is 11.1 Å². The molecule has 0 radical (unpaired) electrons. The average molecular weight is 577 g/mol. The van der Waals surface area contributed by atoms with Crippen molar-refractivity contribution in [2.45, 2.75) is 154 Å². The molecular weight excluding hydrogens is 515 g/mol. The number of carbonyl (C=O) groups is 1. The zero-order valence-corrected chi connectivity index (χ0v) is 26.0. The fourth-order valence-corrected chi connectivity index (χ4v) is 5.18. The fraction of sp³-hybridized carbons (Fsp3) is 0.900. The zero-order chi connectivity index (χ0) is 29.0. The van der Waals surface area contributed by atoms with Gasteiger partial charge in [0.1, 0.15) is 0 Å². The first-order chi connectivity index (χ1) is 18.9. The normalized spacial score (nSPS) is 14.9. The summed E-state index contributed by atoms with van der Waals surface area (Å²) in [6, 6.07) is -0.770. The van der Waals surface area contributed by atoms with Gasteiger partial charge in [0.25, 0.3) is 0 Å². The van der Waals surface area contributed by atoms with Crippen molar-refractivity contribution >= 4 is 13.7 Å². The lowest BCUT2D eigenvalue weighted by Crippen LogP contribution is -2.46. The van der Waals surface area contributed by atoms with Crippen molar-refractivity contribution in [1.82, 2.24) is 5.32 Å². The molecule has 9 heteroatoms. The standard InChI is InChI=1S/C30H61N2O6P/c1-3-5-7-9-11-12-13-14-15-16-18-20-22-24-30(34)32-28(27-38-39(35,36)37-26-25-31)29(33)23-21-19-17-10-8-6-4-2/h12-13,28-29,33H,3-11,14-27,31H2,1-2H3,(H,32,34)(H,35,36)/b13-12-. The molecule has 0 spiro atoms. The number of aliphatic hydroxyl groups excluding tert-OH is 1. The molecule has 5 N–H and O–H groups in total. The van der Waals surface area contributed by atoms with Crippen LogP contribution in [0.25, 0.3) is 0 Å². The van der Waals surface area contributed by atoms with E-state index in [1.807, 2.05) is 0 Å². The zero-order valence-electron chi connectivity index (χ0n) is 25.1. The van der Waals surface area contributed by atoms with Crippen LogP contribution in [0.4, 0.5) is 0 Å². The first-order valence-electron chi connectivity index (χ1n) is 15.8. The predicted molar refractivity (Wildman–Crippen MR) is 162 cm³/mol. The molecule has 0 rings (SSSR count). The van der Waals surface area contributed by atoms with Crippen LogP contribution in [0.15, 0.2) is 12.2 Å². The molecule has 3 atom stereocenters. The number of aliphatic hydroxyl groups is 1. The molecule has 39 heavy (non-hydrogen) atoms. The molecule has 0 saturated carbocycles. The van der Waals surface area contributed by atoms with Gasteiger partial charge in [0, 0.05) is 13.0 Å². The molecular formula is C30H61N2O6P. The quantitative estimate of drug-likeness (QED) is 0.0417. The van der Waals surface area contributed by atoms with E-state index in [4.69, 9.17) is 14.8 Å². The minimum absolute atomic E-state index is 0.0881. The number of nitrogens with one attached hydrogen (secondary N) is 1. The highest BCUT2D eigenvalue weighted by Crippen LogP contribution is 2.43. The van der Waals surface area contributed by atoms with Crippen LogP contribution >= 0.6 is 7.82 Å². The minimum Gasteiger partial charge on any atom is -0.391 e. The first-order valence-corrected chi connectivity index (χ1v) is 17.3. The molecule has 0 aliphatic heterocycles. The summed E-state index contributed by atoms with van der Waals surface area (Å²) >= 11 is 0. The Bertz CT molecular complexity index is 635. The van der Waals surface area contributed by atoms with Crippen LogP contribution in [0.2, 0.25) is 0 Å². The third-order valence-corrected chi connectivity index (χ3v) is 7.85. The van der Waals surface area contributed by atoms with E-state index in [0.717, 1.165) is 51.4 Å². The molecule has 0 heterocycles. The monoisotopic (exact) mass is 576 g/mol. The van der Waals surface area contributed by atoms with Crippen LogP contribution in [-0.4, -0.2) is 47.8 Å². The summed E-state index contributed by atoms with van der Waals surface area (Å²) in [6.45, 7) is 4.10. The number of unbranched alkanes of at least 4 members (excludes halogenated alkanes) is 15. The first kappa shape index (κ1) is 38.2. The van der Waals surface area contributed by atoms with Gasteiger partial charge in [-0.15, -0.1) is 0 Å². The smallest absolute Gasteiger partial charge is 0.391 e. The van der Waals surface area contributed by atoms with Crippen molar-refractivity contribution in [3.05, 3.63) is 12.2 Å². The number of amides is 1. The number of rotatable bonds is 29. The van der Waals surface area contributed by atoms with Gasteiger partial charge >= 0.3 is 7.82 Å². The number of phosphoric acid groups is 1. The molecule has 0 saturated heterocycles. The van der Waals surface area contributed by atoms with Crippen LogP contribution in [0, 0.1) is 0 Å². The molecule has 0 bridgehead atoms. The van der Waals surface area contributed by atoms with Gasteiger partial charge in [-0.2, -0.15) is 0 Å². The van der Waals surface area contributed by atoms with E-state index in [1.165, 1.54) is 64.2 Å². The Morgan fingerprint density at radius 1 is 0.821 bits per heavy atom. The minimum atomic E-state index is -4.29. The molecule has 0 aliphatic rings. The molecule has 8 nitrogen and oxygen atoms in total. The highest BCUT2D eigenvalue weighted by Gasteiger charge is 2.27. The summed E-state index contributed by atoms with van der Waals surface area (Å²) in [5.74, 6) is -0.177. The highest BCUT2D eigenvalue weighted by molar-refractivity contribution is 7.47. The van der Waals surface area contributed by atoms with E-state index in [0.29, 0.717) is 12.8 Å². The largest absolute Gasteiger partial charge is 0.472 e. The average Bonchev–Trinajstić information content (AvgIpc) is 2.91. The molecule has 0 fully saturated rings. The van der Waals surface area contributed by atoms with E-state index in [-0.39, 0.29) is 25.7 Å². The van der Waals surface area contributed by atoms with Gasteiger partial charge in [-0.25, -0.2) is 4.57 Å². The number of hydrogen-bond donors (Lipinski definition) is 4. The van der Waals surface area contributed by atoms with Gasteiger partial charge in [0.15, 0.2) is 0 Å². The van der Waals surface area contributed by atoms with Crippen LogP contribution in [0.1, 0.15) is 142 Å². The molecule has 0 aromatic heterocycles. The SMILES string of the molecule is CCCCCC/C=C\CCCCCCCC(=O)NC(COP(=O)(O)OCCN)C(O)CCCCCCCCC. The number of allylic oxidation sites excluding steroid dienone is 2. The van der Waals surface area contributed by atoms with Gasteiger partial charge in [0.2, 0.25) is 5.91 Å². The maximum absolute atomic E-state index is 12.6. The van der Waals surface area contributed by atoms with E-state index in [1.54, 1.807) is 0 Å². The molecule has 232 valence electrons. The Hall–Kier alpha value is -0.760. The summed E-state index contributed by atoms with van der Waals surface area (Å²) < 4.78 is 21.9. The Balaban J connectivity index is 4.31. The van der Waals surface area contributed by atoms with Crippen molar-refractivity contribution < 1.29 is 28.4 Å². The van der Waals surface area contributed by atoms with Gasteiger partial charge in [-0.3, -0.25) is 13.8 Å². The van der Waals surface area contributed by atoms with Gasteiger partial charge in [0.05, 0.1) is 25.4 Å². The number of nitrogens with two attached hydrogens (primary N) is 1. The Morgan fingerprint density at radius 3 is 1.92 bits per heavy atom. The second-order valence-electron chi connectivity index (χ2n) is 10.7. The second-order valence-corrected chi connectivity index (χ2v) is 12.1. The van der Waals surface area contributed by atoms with Gasteiger partial charge < -0.3 is 21.1 Å². The Labute approximate surface area is 239 Å². The molecule has 0 aromatic carbocycles. The van der Waals surface area contributed by atoms with Crippen molar-refractivity contribution in [3.8, 4) is 0 Å². The number of hydrogen-bond acceptors (Lipinski definition) is 6. The topological polar surface area (TPSA) is 131 Å². The summed E-state index contributed by atoms with van der Waals surface area (Å²) in [5, 5.41) is 13.5. The lowest BCUT2D eigenvalue weighted by atomic mass is 10.0. The summed E-state index contributed by atoms with van der Waals surface area (Å²) in [5.41, 5.74) is 5.32. The maximum atomic E-state index is 12.6. The van der Waals surface area contributed by atoms with Crippen molar-refractivity contribution in [1.29, 1.82) is 0 Å². The lowest BCUT2D eigenvalue weighted by molar-refractivity contribution is -0.123. The highest BCUT2D eigenvalue weighted by atomic mass is 31.2. The Kier molecular flexibility index (Phi) is 26.9. The third-order valence-electron chi connectivity index (χ3n) is 6.87. The molecule has 3 unspecified atom stereocenters. The fourth-order valence-electron chi connectivity index (χ4n) is 4.42.